The summed E-state index contributed by atoms with van der Waals surface area (Å²) in [6.07, 6.45) is 4.69. The number of fused-ring (bicyclic) bond motifs is 2. The quantitative estimate of drug-likeness (QED) is 0.738. The lowest BCUT2D eigenvalue weighted by molar-refractivity contribution is -0.116. The molecule has 0 unspecified atom stereocenters. The van der Waals surface area contributed by atoms with Crippen molar-refractivity contribution in [3.05, 3.63) is 34.9 Å². The predicted octanol–water partition coefficient (Wildman–Crippen LogP) is 3.15. The number of Topliss-reactive ketones (excluding diaryl/α,β-unsaturated/α-hetero) is 1. The third-order valence-corrected chi connectivity index (χ3v) is 3.82. The van der Waals surface area contributed by atoms with Gasteiger partial charge < -0.3 is 4.74 Å². The van der Waals surface area contributed by atoms with Gasteiger partial charge in [-0.15, -0.1) is 0 Å². The predicted molar refractivity (Wildman–Crippen MR) is 67.1 cm³/mol. The van der Waals surface area contributed by atoms with Crippen LogP contribution >= 0.6 is 0 Å². The minimum absolute atomic E-state index is 0.361. The molecular weight excluding hydrogens is 212 g/mol. The van der Waals surface area contributed by atoms with E-state index in [4.69, 9.17) is 4.74 Å². The fourth-order valence-electron chi connectivity index (χ4n) is 2.92. The van der Waals surface area contributed by atoms with Crippen molar-refractivity contribution in [2.24, 2.45) is 0 Å². The Kier molecular flexibility index (Phi) is 2.50. The molecule has 1 aromatic rings. The number of ether oxygens (including phenoxy) is 1. The molecule has 0 atom stereocenters. The minimum Gasteiger partial charge on any atom is -0.497 e. The molecule has 2 aliphatic rings. The lowest BCUT2D eigenvalue weighted by Gasteiger charge is -2.26. The van der Waals surface area contributed by atoms with Crippen molar-refractivity contribution in [3.63, 3.8) is 0 Å². The summed E-state index contributed by atoms with van der Waals surface area (Å²) in [5, 5.41) is 0. The number of hydrogen-bond acceptors (Lipinski definition) is 2. The fourth-order valence-corrected chi connectivity index (χ4v) is 2.92. The second-order valence-corrected chi connectivity index (χ2v) is 4.76. The highest BCUT2D eigenvalue weighted by Gasteiger charge is 2.26. The molecule has 3 rings (SSSR count). The Labute approximate surface area is 101 Å². The number of methoxy groups -OCH3 is 1. The molecule has 17 heavy (non-hydrogen) atoms. The number of allylic oxidation sites excluding steroid dienone is 2. The number of aryl methyl sites for hydroxylation is 1. The first-order valence-electron chi connectivity index (χ1n) is 6.22. The standard InChI is InChI=1S/C15H16O2/c1-17-11-7-5-10-6-8-13-12(14(10)9-11)3-2-4-15(13)16/h5,7,9H,2-4,6,8H2,1H3. The molecule has 0 amide bonds. The van der Waals surface area contributed by atoms with E-state index in [2.05, 4.69) is 12.1 Å². The lowest BCUT2D eigenvalue weighted by atomic mass is 9.78. The SMILES string of the molecule is COc1ccc2c(c1)C1=C(CC2)C(=O)CCC1. The van der Waals surface area contributed by atoms with Crippen molar-refractivity contribution in [3.8, 4) is 5.75 Å². The van der Waals surface area contributed by atoms with E-state index in [0.717, 1.165) is 43.4 Å². The zero-order chi connectivity index (χ0) is 11.8. The number of rotatable bonds is 1. The zero-order valence-electron chi connectivity index (χ0n) is 10.1. The smallest absolute Gasteiger partial charge is 0.159 e. The molecule has 2 heteroatoms. The highest BCUT2D eigenvalue weighted by atomic mass is 16.5. The molecule has 0 aliphatic heterocycles. The van der Waals surface area contributed by atoms with Crippen molar-refractivity contribution in [2.75, 3.05) is 7.11 Å². The highest BCUT2D eigenvalue weighted by Crippen LogP contribution is 2.39. The van der Waals surface area contributed by atoms with Crippen molar-refractivity contribution in [1.29, 1.82) is 0 Å². The largest absolute Gasteiger partial charge is 0.497 e. The molecule has 2 nitrogen and oxygen atoms in total. The average molecular weight is 228 g/mol. The van der Waals surface area contributed by atoms with Crippen LogP contribution in [0.15, 0.2) is 23.8 Å². The van der Waals surface area contributed by atoms with Gasteiger partial charge in [0.1, 0.15) is 5.75 Å². The van der Waals surface area contributed by atoms with Crippen molar-refractivity contribution >= 4 is 11.4 Å². The Morgan fingerprint density at radius 3 is 2.76 bits per heavy atom. The molecule has 2 aliphatic carbocycles. The summed E-state index contributed by atoms with van der Waals surface area (Å²) < 4.78 is 5.28. The van der Waals surface area contributed by atoms with E-state index < -0.39 is 0 Å². The Balaban J connectivity index is 2.15. The van der Waals surface area contributed by atoms with E-state index in [-0.39, 0.29) is 0 Å². The van der Waals surface area contributed by atoms with Gasteiger partial charge in [0.25, 0.3) is 0 Å². The molecule has 0 bridgehead atoms. The normalized spacial score (nSPS) is 18.8. The maximum absolute atomic E-state index is 11.9. The van der Waals surface area contributed by atoms with Gasteiger partial charge in [-0.1, -0.05) is 6.07 Å². The summed E-state index contributed by atoms with van der Waals surface area (Å²) >= 11 is 0. The molecular formula is C15H16O2. The second kappa shape index (κ2) is 4.02. The van der Waals surface area contributed by atoms with Crippen molar-refractivity contribution < 1.29 is 9.53 Å². The average Bonchev–Trinajstić information content (AvgIpc) is 2.38. The van der Waals surface area contributed by atoms with Crippen LogP contribution < -0.4 is 4.74 Å². The van der Waals surface area contributed by atoms with E-state index in [1.165, 1.54) is 16.7 Å². The molecule has 0 saturated carbocycles. The summed E-state index contributed by atoms with van der Waals surface area (Å²) in [7, 11) is 1.69. The third kappa shape index (κ3) is 1.68. The molecule has 1 aromatic carbocycles. The molecule has 0 radical (unpaired) electrons. The molecule has 0 fully saturated rings. The Hall–Kier alpha value is -1.57. The first-order chi connectivity index (χ1) is 8.29. The van der Waals surface area contributed by atoms with Crippen LogP contribution in [-0.4, -0.2) is 12.9 Å². The summed E-state index contributed by atoms with van der Waals surface area (Å²) in [6.45, 7) is 0. The van der Waals surface area contributed by atoms with Gasteiger partial charge in [-0.2, -0.15) is 0 Å². The van der Waals surface area contributed by atoms with E-state index in [1.54, 1.807) is 7.11 Å². The molecule has 0 heterocycles. The van der Waals surface area contributed by atoms with E-state index in [0.29, 0.717) is 5.78 Å². The van der Waals surface area contributed by atoms with Crippen LogP contribution in [0.1, 0.15) is 36.8 Å². The first kappa shape index (κ1) is 10.6. The van der Waals surface area contributed by atoms with Crippen LogP contribution in [0.25, 0.3) is 5.57 Å². The minimum atomic E-state index is 0.361. The number of carbonyl (C=O) groups is 1. The van der Waals surface area contributed by atoms with Crippen LogP contribution in [0.2, 0.25) is 0 Å². The second-order valence-electron chi connectivity index (χ2n) is 4.76. The summed E-state index contributed by atoms with van der Waals surface area (Å²) in [5.41, 5.74) is 4.97. The zero-order valence-corrected chi connectivity index (χ0v) is 10.1. The van der Waals surface area contributed by atoms with Gasteiger partial charge in [0.15, 0.2) is 5.78 Å². The van der Waals surface area contributed by atoms with Crippen LogP contribution in [-0.2, 0) is 11.2 Å². The van der Waals surface area contributed by atoms with E-state index >= 15 is 0 Å². The van der Waals surface area contributed by atoms with Gasteiger partial charge in [-0.25, -0.2) is 0 Å². The molecule has 0 aromatic heterocycles. The fraction of sp³-hybridized carbons (Fsp3) is 0.400. The monoisotopic (exact) mass is 228 g/mol. The highest BCUT2D eigenvalue weighted by molar-refractivity contribution is 6.05. The molecule has 88 valence electrons. The van der Waals surface area contributed by atoms with Gasteiger partial charge in [-0.3, -0.25) is 4.79 Å². The summed E-state index contributed by atoms with van der Waals surface area (Å²) in [5.74, 6) is 1.25. The Morgan fingerprint density at radius 1 is 1.06 bits per heavy atom. The van der Waals surface area contributed by atoms with Crippen molar-refractivity contribution in [2.45, 2.75) is 32.1 Å². The van der Waals surface area contributed by atoms with Gasteiger partial charge in [0.2, 0.25) is 0 Å². The number of carbonyl (C=O) groups excluding carboxylic acids is 1. The Morgan fingerprint density at radius 2 is 1.94 bits per heavy atom. The van der Waals surface area contributed by atoms with Gasteiger partial charge in [0, 0.05) is 6.42 Å². The van der Waals surface area contributed by atoms with Gasteiger partial charge in [0.05, 0.1) is 7.11 Å². The summed E-state index contributed by atoms with van der Waals surface area (Å²) in [4.78, 5) is 11.9. The van der Waals surface area contributed by atoms with Gasteiger partial charge in [-0.05, 0) is 60.1 Å². The number of hydrogen-bond donors (Lipinski definition) is 0. The topological polar surface area (TPSA) is 26.3 Å². The third-order valence-electron chi connectivity index (χ3n) is 3.82. The lowest BCUT2D eigenvalue weighted by Crippen LogP contribution is -2.16. The van der Waals surface area contributed by atoms with Crippen LogP contribution in [0.5, 0.6) is 5.75 Å². The number of ketones is 1. The Bertz CT molecular complexity index is 512. The molecule has 0 spiro atoms. The van der Waals surface area contributed by atoms with E-state index in [1.807, 2.05) is 6.07 Å². The van der Waals surface area contributed by atoms with Crippen molar-refractivity contribution in [1.82, 2.24) is 0 Å². The maximum Gasteiger partial charge on any atom is 0.159 e. The van der Waals surface area contributed by atoms with Crippen LogP contribution in [0, 0.1) is 0 Å². The van der Waals surface area contributed by atoms with Crippen LogP contribution in [0.4, 0.5) is 0 Å². The van der Waals surface area contributed by atoms with Gasteiger partial charge >= 0.3 is 0 Å². The number of benzene rings is 1. The maximum atomic E-state index is 11.9. The summed E-state index contributed by atoms with van der Waals surface area (Å²) in [6, 6.07) is 6.23. The first-order valence-corrected chi connectivity index (χ1v) is 6.22. The molecule has 0 saturated heterocycles. The molecule has 0 N–H and O–H groups in total. The van der Waals surface area contributed by atoms with Crippen LogP contribution in [0.3, 0.4) is 0 Å². The van der Waals surface area contributed by atoms with E-state index in [9.17, 15) is 4.79 Å².